The minimum absolute atomic E-state index is 0.207. The monoisotopic (exact) mass is 339 g/mol. The molecule has 2 heteroatoms. The molecule has 2 nitrogen and oxygen atoms in total. The zero-order valence-corrected chi connectivity index (χ0v) is 16.6. The lowest BCUT2D eigenvalue weighted by atomic mass is 9.87. The van der Waals surface area contributed by atoms with Gasteiger partial charge in [-0.2, -0.15) is 0 Å². The predicted octanol–water partition coefficient (Wildman–Crippen LogP) is 5.87. The first-order valence-electron chi connectivity index (χ1n) is 9.31. The van der Waals surface area contributed by atoms with Crippen LogP contribution in [-0.2, 0) is 12.0 Å². The third-order valence-electron chi connectivity index (χ3n) is 4.40. The van der Waals surface area contributed by atoms with E-state index < -0.39 is 0 Å². The van der Waals surface area contributed by atoms with Crippen LogP contribution in [0.1, 0.15) is 64.3 Å². The summed E-state index contributed by atoms with van der Waals surface area (Å²) in [6.45, 7) is 14.9. The summed E-state index contributed by atoms with van der Waals surface area (Å²) in [7, 11) is 0. The zero-order chi connectivity index (χ0) is 18.4. The van der Waals surface area contributed by atoms with E-state index in [4.69, 9.17) is 4.74 Å². The number of nitrogens with one attached hydrogen (secondary N) is 1. The van der Waals surface area contributed by atoms with Gasteiger partial charge in [0.2, 0.25) is 0 Å². The second-order valence-electron chi connectivity index (χ2n) is 8.32. The van der Waals surface area contributed by atoms with E-state index in [2.05, 4.69) is 95.4 Å². The largest absolute Gasteiger partial charge is 0.493 e. The van der Waals surface area contributed by atoms with Crippen LogP contribution < -0.4 is 10.1 Å². The van der Waals surface area contributed by atoms with Gasteiger partial charge in [-0.05, 0) is 47.1 Å². The van der Waals surface area contributed by atoms with Gasteiger partial charge in [-0.3, -0.25) is 0 Å². The lowest BCUT2D eigenvalue weighted by molar-refractivity contribution is 0.271. The van der Waals surface area contributed by atoms with E-state index in [1.165, 1.54) is 16.7 Å². The summed E-state index contributed by atoms with van der Waals surface area (Å²) in [5.41, 5.74) is 4.18. The van der Waals surface area contributed by atoms with Crippen LogP contribution in [0, 0.1) is 5.92 Å². The molecule has 2 aromatic rings. The fraction of sp³-hybridized carbons (Fsp3) is 0.478. The Hall–Kier alpha value is -1.80. The summed E-state index contributed by atoms with van der Waals surface area (Å²) < 4.78 is 5.75. The first-order chi connectivity index (χ1) is 11.8. The number of rotatable bonds is 7. The van der Waals surface area contributed by atoms with Gasteiger partial charge in [0.1, 0.15) is 5.75 Å². The summed E-state index contributed by atoms with van der Waals surface area (Å²) in [6, 6.07) is 17.7. The van der Waals surface area contributed by atoms with E-state index >= 15 is 0 Å². The molecule has 0 bridgehead atoms. The van der Waals surface area contributed by atoms with E-state index in [1.807, 2.05) is 0 Å². The average Bonchev–Trinajstić information content (AvgIpc) is 2.58. The molecule has 1 unspecified atom stereocenters. The summed E-state index contributed by atoms with van der Waals surface area (Å²) in [6.07, 6.45) is 0. The topological polar surface area (TPSA) is 21.3 Å². The van der Waals surface area contributed by atoms with Gasteiger partial charge in [0.25, 0.3) is 0 Å². The Bertz CT molecular complexity index is 635. The van der Waals surface area contributed by atoms with Crippen molar-refractivity contribution in [1.82, 2.24) is 5.32 Å². The van der Waals surface area contributed by atoms with Gasteiger partial charge in [0.15, 0.2) is 0 Å². The van der Waals surface area contributed by atoms with Crippen molar-refractivity contribution >= 4 is 0 Å². The Morgan fingerprint density at radius 3 is 2.00 bits per heavy atom. The van der Waals surface area contributed by atoms with Crippen LogP contribution in [0.15, 0.2) is 48.5 Å². The molecule has 2 aromatic carbocycles. The van der Waals surface area contributed by atoms with Crippen LogP contribution in [0.2, 0.25) is 0 Å². The molecule has 0 aliphatic rings. The fourth-order valence-electron chi connectivity index (χ4n) is 2.63. The molecule has 0 amide bonds. The highest BCUT2D eigenvalue weighted by atomic mass is 16.5. The van der Waals surface area contributed by atoms with E-state index in [1.54, 1.807) is 0 Å². The molecule has 0 spiro atoms. The molecule has 2 rings (SSSR count). The Morgan fingerprint density at radius 2 is 1.48 bits per heavy atom. The van der Waals surface area contributed by atoms with Gasteiger partial charge in [0, 0.05) is 12.6 Å². The van der Waals surface area contributed by atoms with Crippen molar-refractivity contribution in [2.75, 3.05) is 6.61 Å². The van der Waals surface area contributed by atoms with Crippen LogP contribution in [0.25, 0.3) is 0 Å². The molecule has 1 atom stereocenters. The summed E-state index contributed by atoms with van der Waals surface area (Å²) in [5.74, 6) is 1.49. The summed E-state index contributed by atoms with van der Waals surface area (Å²) in [4.78, 5) is 0. The molecule has 136 valence electrons. The van der Waals surface area contributed by atoms with Crippen LogP contribution in [0.4, 0.5) is 0 Å². The van der Waals surface area contributed by atoms with Crippen molar-refractivity contribution in [2.45, 2.75) is 59.5 Å². The molecular formula is C23H33NO. The lowest BCUT2D eigenvalue weighted by Gasteiger charge is -2.20. The smallest absolute Gasteiger partial charge is 0.119 e. The highest BCUT2D eigenvalue weighted by molar-refractivity contribution is 5.30. The molecule has 0 radical (unpaired) electrons. The molecule has 0 saturated carbocycles. The molecule has 0 aromatic heterocycles. The first kappa shape index (κ1) is 19.5. The normalized spacial score (nSPS) is 13.1. The minimum Gasteiger partial charge on any atom is -0.493 e. The van der Waals surface area contributed by atoms with Gasteiger partial charge in [-0.15, -0.1) is 0 Å². The van der Waals surface area contributed by atoms with Gasteiger partial charge >= 0.3 is 0 Å². The third kappa shape index (κ3) is 6.21. The zero-order valence-electron chi connectivity index (χ0n) is 16.6. The van der Waals surface area contributed by atoms with E-state index in [0.29, 0.717) is 12.0 Å². The number of hydrogen-bond acceptors (Lipinski definition) is 2. The Balaban J connectivity index is 1.88. The summed E-state index contributed by atoms with van der Waals surface area (Å²) in [5, 5.41) is 3.60. The van der Waals surface area contributed by atoms with E-state index in [0.717, 1.165) is 18.9 Å². The van der Waals surface area contributed by atoms with Crippen molar-refractivity contribution < 1.29 is 4.74 Å². The van der Waals surface area contributed by atoms with Gasteiger partial charge in [-0.25, -0.2) is 0 Å². The minimum atomic E-state index is 0.207. The Labute approximate surface area is 153 Å². The highest BCUT2D eigenvalue weighted by Gasteiger charge is 2.13. The third-order valence-corrected chi connectivity index (χ3v) is 4.40. The Morgan fingerprint density at radius 1 is 0.880 bits per heavy atom. The Kier molecular flexibility index (Phi) is 6.66. The molecule has 0 aliphatic heterocycles. The fourth-order valence-corrected chi connectivity index (χ4v) is 2.63. The van der Waals surface area contributed by atoms with E-state index in [-0.39, 0.29) is 5.41 Å². The second kappa shape index (κ2) is 8.53. The quantitative estimate of drug-likeness (QED) is 0.681. The van der Waals surface area contributed by atoms with Crippen LogP contribution in [0.5, 0.6) is 5.75 Å². The maximum atomic E-state index is 5.75. The standard InChI is InChI=1S/C23H33NO/c1-17(2)16-25-22-13-9-20(10-14-22)18(3)24-15-19-7-11-21(12-8-19)23(4,5)6/h7-14,17-18,24H,15-16H2,1-6H3. The number of hydrogen-bond donors (Lipinski definition) is 1. The van der Waals surface area contributed by atoms with Crippen molar-refractivity contribution in [1.29, 1.82) is 0 Å². The number of ether oxygens (including phenoxy) is 1. The maximum absolute atomic E-state index is 5.75. The second-order valence-corrected chi connectivity index (χ2v) is 8.32. The molecule has 1 N–H and O–H groups in total. The van der Waals surface area contributed by atoms with Crippen LogP contribution >= 0.6 is 0 Å². The molecule has 0 fully saturated rings. The first-order valence-corrected chi connectivity index (χ1v) is 9.31. The molecule has 0 heterocycles. The molecule has 0 aliphatic carbocycles. The lowest BCUT2D eigenvalue weighted by Crippen LogP contribution is -2.18. The molecule has 25 heavy (non-hydrogen) atoms. The number of benzene rings is 2. The van der Waals surface area contributed by atoms with Gasteiger partial charge in [-0.1, -0.05) is 71.0 Å². The predicted molar refractivity (Wildman–Crippen MR) is 107 cm³/mol. The van der Waals surface area contributed by atoms with Crippen molar-refractivity contribution in [3.05, 3.63) is 65.2 Å². The van der Waals surface area contributed by atoms with E-state index in [9.17, 15) is 0 Å². The van der Waals surface area contributed by atoms with Crippen molar-refractivity contribution in [3.8, 4) is 5.75 Å². The van der Waals surface area contributed by atoms with Gasteiger partial charge in [0.05, 0.1) is 6.61 Å². The molecular weight excluding hydrogens is 306 g/mol. The summed E-state index contributed by atoms with van der Waals surface area (Å²) >= 11 is 0. The average molecular weight is 340 g/mol. The SMILES string of the molecule is CC(C)COc1ccc(C(C)NCc2ccc(C(C)(C)C)cc2)cc1. The van der Waals surface area contributed by atoms with Crippen molar-refractivity contribution in [2.24, 2.45) is 5.92 Å². The van der Waals surface area contributed by atoms with Gasteiger partial charge < -0.3 is 10.1 Å². The highest BCUT2D eigenvalue weighted by Crippen LogP contribution is 2.23. The van der Waals surface area contributed by atoms with Crippen molar-refractivity contribution in [3.63, 3.8) is 0 Å². The van der Waals surface area contributed by atoms with Crippen LogP contribution in [-0.4, -0.2) is 6.61 Å². The maximum Gasteiger partial charge on any atom is 0.119 e. The van der Waals surface area contributed by atoms with Crippen LogP contribution in [0.3, 0.4) is 0 Å². The molecule has 0 saturated heterocycles.